The van der Waals surface area contributed by atoms with Gasteiger partial charge in [-0.3, -0.25) is 0 Å². The molecule has 0 saturated carbocycles. The minimum Gasteiger partial charge on any atom is -0.485 e. The molecule has 5 heteroatoms. The van der Waals surface area contributed by atoms with Gasteiger partial charge in [0.15, 0.2) is 5.75 Å². The zero-order valence-electron chi connectivity index (χ0n) is 9.29. The van der Waals surface area contributed by atoms with Crippen LogP contribution in [0, 0.1) is 11.6 Å². The Hall–Kier alpha value is -1.62. The summed E-state index contributed by atoms with van der Waals surface area (Å²) in [5.41, 5.74) is 6.31. The van der Waals surface area contributed by atoms with Gasteiger partial charge in [-0.1, -0.05) is 6.07 Å². The Kier molecular flexibility index (Phi) is 3.81. The van der Waals surface area contributed by atoms with E-state index in [1.807, 2.05) is 0 Å². The fourth-order valence-electron chi connectivity index (χ4n) is 1.48. The van der Waals surface area contributed by atoms with Crippen molar-refractivity contribution < 1.29 is 13.5 Å². The molecule has 2 aromatic rings. The number of hydrogen-bond donors (Lipinski definition) is 1. The van der Waals surface area contributed by atoms with Crippen LogP contribution in [0.2, 0.25) is 0 Å². The molecular formula is C13H10BrF2NO. The van der Waals surface area contributed by atoms with Gasteiger partial charge in [0.05, 0.1) is 10.2 Å². The SMILES string of the molecule is Nc1cccc(Br)c1OCc1cc(F)ccc1F. The van der Waals surface area contributed by atoms with Crippen molar-refractivity contribution in [2.45, 2.75) is 6.61 Å². The van der Waals surface area contributed by atoms with E-state index in [0.717, 1.165) is 18.2 Å². The summed E-state index contributed by atoms with van der Waals surface area (Å²) in [6, 6.07) is 8.41. The smallest absolute Gasteiger partial charge is 0.156 e. The lowest BCUT2D eigenvalue weighted by atomic mass is 10.2. The third-order valence-electron chi connectivity index (χ3n) is 2.38. The summed E-state index contributed by atoms with van der Waals surface area (Å²) in [5, 5.41) is 0. The topological polar surface area (TPSA) is 35.2 Å². The number of ether oxygens (including phenoxy) is 1. The Balaban J connectivity index is 2.19. The molecule has 0 radical (unpaired) electrons. The highest BCUT2D eigenvalue weighted by atomic mass is 79.9. The van der Waals surface area contributed by atoms with E-state index in [0.29, 0.717) is 15.9 Å². The first-order valence-corrected chi connectivity index (χ1v) is 5.98. The van der Waals surface area contributed by atoms with E-state index >= 15 is 0 Å². The predicted molar refractivity (Wildman–Crippen MR) is 69.2 cm³/mol. The van der Waals surface area contributed by atoms with Gasteiger partial charge in [-0.05, 0) is 46.3 Å². The van der Waals surface area contributed by atoms with Gasteiger partial charge in [0.2, 0.25) is 0 Å². The molecule has 0 saturated heterocycles. The van der Waals surface area contributed by atoms with E-state index in [9.17, 15) is 8.78 Å². The van der Waals surface area contributed by atoms with Crippen molar-refractivity contribution in [3.63, 3.8) is 0 Å². The van der Waals surface area contributed by atoms with Gasteiger partial charge in [-0.2, -0.15) is 0 Å². The van der Waals surface area contributed by atoms with Crippen LogP contribution in [0.5, 0.6) is 5.75 Å². The van der Waals surface area contributed by atoms with Crippen molar-refractivity contribution in [1.82, 2.24) is 0 Å². The lowest BCUT2D eigenvalue weighted by molar-refractivity contribution is 0.299. The number of nitrogens with two attached hydrogens (primary N) is 1. The van der Waals surface area contributed by atoms with Crippen molar-refractivity contribution >= 4 is 21.6 Å². The van der Waals surface area contributed by atoms with Gasteiger partial charge in [-0.15, -0.1) is 0 Å². The van der Waals surface area contributed by atoms with Crippen LogP contribution in [0.1, 0.15) is 5.56 Å². The molecule has 0 aliphatic rings. The summed E-state index contributed by atoms with van der Waals surface area (Å²) in [5.74, 6) is -0.599. The second-order valence-electron chi connectivity index (χ2n) is 3.68. The van der Waals surface area contributed by atoms with Gasteiger partial charge in [0, 0.05) is 5.56 Å². The molecule has 0 heterocycles. The second-order valence-corrected chi connectivity index (χ2v) is 4.54. The molecule has 18 heavy (non-hydrogen) atoms. The first-order chi connectivity index (χ1) is 8.58. The molecule has 2 nitrogen and oxygen atoms in total. The maximum atomic E-state index is 13.4. The average Bonchev–Trinajstić information content (AvgIpc) is 2.33. The quantitative estimate of drug-likeness (QED) is 0.873. The molecule has 0 unspecified atom stereocenters. The van der Waals surface area contributed by atoms with Crippen molar-refractivity contribution in [1.29, 1.82) is 0 Å². The highest BCUT2D eigenvalue weighted by Gasteiger charge is 2.08. The van der Waals surface area contributed by atoms with Crippen LogP contribution in [-0.4, -0.2) is 0 Å². The molecule has 0 aliphatic carbocycles. The Morgan fingerprint density at radius 1 is 1.17 bits per heavy atom. The average molecular weight is 314 g/mol. The number of rotatable bonds is 3. The molecule has 2 N–H and O–H groups in total. The first kappa shape index (κ1) is 12.8. The molecule has 0 aliphatic heterocycles. The van der Waals surface area contributed by atoms with Crippen LogP contribution in [0.3, 0.4) is 0 Å². The lowest BCUT2D eigenvalue weighted by Crippen LogP contribution is -2.02. The molecule has 2 rings (SSSR count). The highest BCUT2D eigenvalue weighted by molar-refractivity contribution is 9.10. The fraction of sp³-hybridized carbons (Fsp3) is 0.0769. The number of nitrogen functional groups attached to an aromatic ring is 1. The van der Waals surface area contributed by atoms with Crippen LogP contribution in [0.25, 0.3) is 0 Å². The first-order valence-electron chi connectivity index (χ1n) is 5.18. The van der Waals surface area contributed by atoms with Crippen molar-refractivity contribution in [2.24, 2.45) is 0 Å². The van der Waals surface area contributed by atoms with Crippen LogP contribution < -0.4 is 10.5 Å². The summed E-state index contributed by atoms with van der Waals surface area (Å²) in [7, 11) is 0. The van der Waals surface area contributed by atoms with E-state index in [1.165, 1.54) is 0 Å². The monoisotopic (exact) mass is 313 g/mol. The minimum atomic E-state index is -0.512. The summed E-state index contributed by atoms with van der Waals surface area (Å²) in [4.78, 5) is 0. The summed E-state index contributed by atoms with van der Waals surface area (Å²) in [6.07, 6.45) is 0. The van der Waals surface area contributed by atoms with E-state index in [-0.39, 0.29) is 12.2 Å². The van der Waals surface area contributed by atoms with Crippen LogP contribution in [-0.2, 0) is 6.61 Å². The van der Waals surface area contributed by atoms with Gasteiger partial charge in [0.1, 0.15) is 18.2 Å². The van der Waals surface area contributed by atoms with Gasteiger partial charge >= 0.3 is 0 Å². The normalized spacial score (nSPS) is 10.4. The molecule has 0 bridgehead atoms. The maximum Gasteiger partial charge on any atom is 0.156 e. The van der Waals surface area contributed by atoms with Gasteiger partial charge in [-0.25, -0.2) is 8.78 Å². The standard InChI is InChI=1S/C13H10BrF2NO/c14-10-2-1-3-12(17)13(10)18-7-8-6-9(15)4-5-11(8)16/h1-6H,7,17H2. The van der Waals surface area contributed by atoms with Crippen molar-refractivity contribution in [3.8, 4) is 5.75 Å². The molecule has 0 fully saturated rings. The number of anilines is 1. The van der Waals surface area contributed by atoms with Gasteiger partial charge in [0.25, 0.3) is 0 Å². The number of hydrogen-bond acceptors (Lipinski definition) is 2. The van der Waals surface area contributed by atoms with Crippen LogP contribution >= 0.6 is 15.9 Å². The van der Waals surface area contributed by atoms with Crippen molar-refractivity contribution in [2.75, 3.05) is 5.73 Å². The lowest BCUT2D eigenvalue weighted by Gasteiger charge is -2.11. The number of halogens is 3. The summed E-state index contributed by atoms with van der Waals surface area (Å²) >= 11 is 3.28. The van der Waals surface area contributed by atoms with E-state index < -0.39 is 11.6 Å². The molecule has 2 aromatic carbocycles. The number of para-hydroxylation sites is 1. The number of benzene rings is 2. The summed E-state index contributed by atoms with van der Waals surface area (Å²) in [6.45, 7) is -0.0869. The van der Waals surface area contributed by atoms with E-state index in [2.05, 4.69) is 15.9 Å². The molecule has 94 valence electrons. The zero-order chi connectivity index (χ0) is 13.1. The van der Waals surface area contributed by atoms with Crippen LogP contribution in [0.15, 0.2) is 40.9 Å². The molecule has 0 aromatic heterocycles. The molecular weight excluding hydrogens is 304 g/mol. The van der Waals surface area contributed by atoms with Gasteiger partial charge < -0.3 is 10.5 Å². The third kappa shape index (κ3) is 2.79. The Bertz CT molecular complexity index is 555. The van der Waals surface area contributed by atoms with E-state index in [4.69, 9.17) is 10.5 Å². The minimum absolute atomic E-state index is 0.0869. The fourth-order valence-corrected chi connectivity index (χ4v) is 1.98. The zero-order valence-corrected chi connectivity index (χ0v) is 10.9. The molecule has 0 amide bonds. The van der Waals surface area contributed by atoms with E-state index in [1.54, 1.807) is 18.2 Å². The van der Waals surface area contributed by atoms with Crippen LogP contribution in [0.4, 0.5) is 14.5 Å². The molecule has 0 spiro atoms. The highest BCUT2D eigenvalue weighted by Crippen LogP contribution is 2.31. The largest absolute Gasteiger partial charge is 0.485 e. The Labute approximate surface area is 112 Å². The Morgan fingerprint density at radius 2 is 1.94 bits per heavy atom. The maximum absolute atomic E-state index is 13.4. The molecule has 0 atom stereocenters. The summed E-state index contributed by atoms with van der Waals surface area (Å²) < 4.78 is 32.4. The second kappa shape index (κ2) is 5.35. The Morgan fingerprint density at radius 3 is 2.67 bits per heavy atom. The predicted octanol–water partition coefficient (Wildman–Crippen LogP) is 3.89. The van der Waals surface area contributed by atoms with Crippen molar-refractivity contribution in [3.05, 3.63) is 58.1 Å². The third-order valence-corrected chi connectivity index (χ3v) is 3.00.